The van der Waals surface area contributed by atoms with Crippen molar-refractivity contribution in [3.05, 3.63) is 12.2 Å². The number of nitrogens with zero attached hydrogens (tertiary/aromatic N) is 1. The summed E-state index contributed by atoms with van der Waals surface area (Å²) in [6.45, 7) is 9.31. The second-order valence-electron chi connectivity index (χ2n) is 2.18. The summed E-state index contributed by atoms with van der Waals surface area (Å²) in [5.41, 5.74) is 0. The van der Waals surface area contributed by atoms with Gasteiger partial charge in [-0.3, -0.25) is 4.99 Å². The zero-order valence-corrected chi connectivity index (χ0v) is 6.80. The van der Waals surface area contributed by atoms with Gasteiger partial charge in [-0.1, -0.05) is 19.1 Å². The fourth-order valence-electron chi connectivity index (χ4n) is 0.730. The van der Waals surface area contributed by atoms with Crippen molar-refractivity contribution in [1.29, 1.82) is 0 Å². The second-order valence-corrected chi connectivity index (χ2v) is 2.18. The van der Waals surface area contributed by atoms with Gasteiger partial charge in [-0.25, -0.2) is 0 Å². The molecule has 2 nitrogen and oxygen atoms in total. The van der Waals surface area contributed by atoms with E-state index in [4.69, 9.17) is 0 Å². The lowest BCUT2D eigenvalue weighted by molar-refractivity contribution is 0.660. The lowest BCUT2D eigenvalue weighted by Crippen LogP contribution is -2.23. The van der Waals surface area contributed by atoms with E-state index in [1.165, 1.54) is 0 Å². The number of nitrogens with one attached hydrogen (secondary N) is 1. The Morgan fingerprint density at radius 3 is 2.90 bits per heavy atom. The van der Waals surface area contributed by atoms with Crippen LogP contribution in [0.1, 0.15) is 13.8 Å². The van der Waals surface area contributed by atoms with Crippen molar-refractivity contribution in [1.82, 2.24) is 5.32 Å². The van der Waals surface area contributed by atoms with E-state index in [1.807, 2.05) is 6.08 Å². The zero-order chi connectivity index (χ0) is 7.82. The summed E-state index contributed by atoms with van der Waals surface area (Å²) in [5.74, 6) is 0. The summed E-state index contributed by atoms with van der Waals surface area (Å²) in [7, 11) is 0. The van der Waals surface area contributed by atoms with E-state index in [2.05, 4.69) is 37.0 Å². The van der Waals surface area contributed by atoms with Crippen LogP contribution in [0.5, 0.6) is 0 Å². The van der Waals surface area contributed by atoms with Crippen LogP contribution in [-0.4, -0.2) is 25.8 Å². The molecule has 10 heavy (non-hydrogen) atoms. The molecule has 0 heterocycles. The zero-order valence-electron chi connectivity index (χ0n) is 6.80. The normalized spacial score (nSPS) is 13.8. The van der Waals surface area contributed by atoms with Crippen LogP contribution in [0.4, 0.5) is 0 Å². The molecule has 0 amide bonds. The van der Waals surface area contributed by atoms with Gasteiger partial charge in [0.15, 0.2) is 0 Å². The maximum absolute atomic E-state index is 3.70. The number of hydrogen-bond donors (Lipinski definition) is 1. The van der Waals surface area contributed by atoms with Gasteiger partial charge in [0.25, 0.3) is 0 Å². The van der Waals surface area contributed by atoms with Crippen molar-refractivity contribution in [2.24, 2.45) is 4.99 Å². The monoisotopic (exact) mass is 140 g/mol. The van der Waals surface area contributed by atoms with Gasteiger partial charge in [-0.2, -0.15) is 0 Å². The van der Waals surface area contributed by atoms with Crippen molar-refractivity contribution >= 4 is 6.72 Å². The molecule has 0 aromatic rings. The number of aliphatic imine (C=N–C) groups is 1. The van der Waals surface area contributed by atoms with Crippen LogP contribution in [0, 0.1) is 0 Å². The molecule has 0 aliphatic rings. The van der Waals surface area contributed by atoms with Crippen molar-refractivity contribution in [3.63, 3.8) is 0 Å². The molecule has 0 bridgehead atoms. The number of rotatable bonds is 5. The van der Waals surface area contributed by atoms with Crippen molar-refractivity contribution in [2.45, 2.75) is 19.9 Å². The van der Waals surface area contributed by atoms with E-state index >= 15 is 0 Å². The molecule has 0 aromatic heterocycles. The molecule has 0 fully saturated rings. The van der Waals surface area contributed by atoms with E-state index in [1.54, 1.807) is 0 Å². The maximum Gasteiger partial charge on any atom is 0.0563 e. The smallest absolute Gasteiger partial charge is 0.0563 e. The fourth-order valence-corrected chi connectivity index (χ4v) is 0.730. The van der Waals surface area contributed by atoms with Crippen LogP contribution in [0.3, 0.4) is 0 Å². The third kappa shape index (κ3) is 5.51. The van der Waals surface area contributed by atoms with Crippen LogP contribution >= 0.6 is 0 Å². The van der Waals surface area contributed by atoms with Crippen LogP contribution in [-0.2, 0) is 0 Å². The first-order valence-electron chi connectivity index (χ1n) is 3.63. The summed E-state index contributed by atoms with van der Waals surface area (Å²) >= 11 is 0. The topological polar surface area (TPSA) is 24.4 Å². The minimum atomic E-state index is 0.451. The average molecular weight is 140 g/mol. The molecular weight excluding hydrogens is 124 g/mol. The highest BCUT2D eigenvalue weighted by Crippen LogP contribution is 1.83. The Balaban J connectivity index is 3.34. The van der Waals surface area contributed by atoms with Crippen LogP contribution in [0.15, 0.2) is 17.1 Å². The summed E-state index contributed by atoms with van der Waals surface area (Å²) in [6, 6.07) is 0.451. The molecule has 1 N–H and O–H groups in total. The molecule has 0 aromatic carbocycles. The van der Waals surface area contributed by atoms with Crippen LogP contribution < -0.4 is 5.32 Å². The molecule has 0 aliphatic heterocycles. The minimum Gasteiger partial charge on any atom is -0.311 e. The highest BCUT2D eigenvalue weighted by atomic mass is 14.9. The standard InChI is InChI=1S/C8H16N2/c1-4-10-8(2)6-5-7-9-3/h5-6,8,10H,3-4,7H2,1-2H3. The SMILES string of the molecule is C=NCC=CC(C)NCC. The first-order valence-corrected chi connectivity index (χ1v) is 3.63. The molecule has 0 saturated heterocycles. The third-order valence-electron chi connectivity index (χ3n) is 1.19. The molecule has 2 heteroatoms. The number of likely N-dealkylation sites (N-methyl/N-ethyl adjacent to an activating group) is 1. The lowest BCUT2D eigenvalue weighted by atomic mass is 10.3. The van der Waals surface area contributed by atoms with Crippen molar-refractivity contribution in [3.8, 4) is 0 Å². The van der Waals surface area contributed by atoms with Gasteiger partial charge in [0.05, 0.1) is 6.54 Å². The Morgan fingerprint density at radius 1 is 1.70 bits per heavy atom. The molecule has 0 spiro atoms. The summed E-state index contributed by atoms with van der Waals surface area (Å²) in [6.07, 6.45) is 4.11. The molecule has 0 rings (SSSR count). The first-order chi connectivity index (χ1) is 4.81. The second kappa shape index (κ2) is 6.49. The Labute approximate surface area is 63.0 Å². The van der Waals surface area contributed by atoms with Crippen molar-refractivity contribution in [2.75, 3.05) is 13.1 Å². The van der Waals surface area contributed by atoms with Gasteiger partial charge in [-0.15, -0.1) is 0 Å². The number of hydrogen-bond acceptors (Lipinski definition) is 2. The summed E-state index contributed by atoms with van der Waals surface area (Å²) < 4.78 is 0. The molecule has 1 unspecified atom stereocenters. The fraction of sp³-hybridized carbons (Fsp3) is 0.625. The lowest BCUT2D eigenvalue weighted by Gasteiger charge is -2.04. The third-order valence-corrected chi connectivity index (χ3v) is 1.19. The predicted octanol–water partition coefficient (Wildman–Crippen LogP) is 1.24. The average Bonchev–Trinajstić information content (AvgIpc) is 1.89. The van der Waals surface area contributed by atoms with Crippen molar-refractivity contribution < 1.29 is 0 Å². The molecule has 0 radical (unpaired) electrons. The quantitative estimate of drug-likeness (QED) is 0.451. The van der Waals surface area contributed by atoms with E-state index in [9.17, 15) is 0 Å². The van der Waals surface area contributed by atoms with Gasteiger partial charge >= 0.3 is 0 Å². The van der Waals surface area contributed by atoms with Crippen LogP contribution in [0.2, 0.25) is 0 Å². The molecule has 0 saturated carbocycles. The Kier molecular flexibility index (Phi) is 6.08. The minimum absolute atomic E-state index is 0.451. The highest BCUT2D eigenvalue weighted by molar-refractivity contribution is 5.23. The van der Waals surface area contributed by atoms with Gasteiger partial charge in [0, 0.05) is 6.04 Å². The van der Waals surface area contributed by atoms with Gasteiger partial charge < -0.3 is 5.32 Å². The summed E-state index contributed by atoms with van der Waals surface area (Å²) in [4.78, 5) is 3.70. The van der Waals surface area contributed by atoms with E-state index in [0.29, 0.717) is 6.04 Å². The van der Waals surface area contributed by atoms with Gasteiger partial charge in [0.2, 0.25) is 0 Å². The maximum atomic E-state index is 3.70. The predicted molar refractivity (Wildman–Crippen MR) is 46.7 cm³/mol. The summed E-state index contributed by atoms with van der Waals surface area (Å²) in [5, 5.41) is 3.26. The molecular formula is C8H16N2. The Hall–Kier alpha value is -0.630. The molecule has 0 aliphatic carbocycles. The molecule has 58 valence electrons. The van der Waals surface area contributed by atoms with E-state index < -0.39 is 0 Å². The van der Waals surface area contributed by atoms with E-state index in [0.717, 1.165) is 13.1 Å². The highest BCUT2D eigenvalue weighted by Gasteiger charge is 1.88. The Bertz CT molecular complexity index is 108. The molecule has 1 atom stereocenters. The Morgan fingerprint density at radius 2 is 2.40 bits per heavy atom. The first kappa shape index (κ1) is 9.37. The van der Waals surface area contributed by atoms with Gasteiger partial charge in [-0.05, 0) is 20.2 Å². The van der Waals surface area contributed by atoms with E-state index in [-0.39, 0.29) is 0 Å². The largest absolute Gasteiger partial charge is 0.311 e. The van der Waals surface area contributed by atoms with Crippen LogP contribution in [0.25, 0.3) is 0 Å². The van der Waals surface area contributed by atoms with Gasteiger partial charge in [0.1, 0.15) is 0 Å².